The Balaban J connectivity index is 1.79. The number of halogens is 1. The Bertz CT molecular complexity index is 876. The highest BCUT2D eigenvalue weighted by molar-refractivity contribution is 6.36. The third kappa shape index (κ3) is 4.03. The molecule has 0 atom stereocenters. The van der Waals surface area contributed by atoms with Gasteiger partial charge in [-0.05, 0) is 46.4 Å². The molecule has 134 valence electrons. The summed E-state index contributed by atoms with van der Waals surface area (Å²) in [7, 11) is 1.87. The Morgan fingerprint density at radius 2 is 1.27 bits per heavy atom. The molecule has 0 radical (unpaired) electrons. The standard InChI is InChI=1S/C23H25ClN2/c1-23(2,3)18-12-8-16(9-13-18)17-10-14-19(15-11-17)26-21-7-5-6-20(25-4)22(21)24/h5-15,25-26H,1-4H3. The SMILES string of the molecule is CNc1cccc(Nc2ccc(-c3ccc(C(C)(C)C)cc3)cc2)c1Cl. The summed E-state index contributed by atoms with van der Waals surface area (Å²) >= 11 is 6.41. The summed E-state index contributed by atoms with van der Waals surface area (Å²) in [5, 5.41) is 7.17. The second-order valence-electron chi connectivity index (χ2n) is 7.45. The van der Waals surface area contributed by atoms with Crippen LogP contribution in [0.25, 0.3) is 11.1 Å². The molecule has 0 heterocycles. The van der Waals surface area contributed by atoms with Crippen LogP contribution in [-0.2, 0) is 5.41 Å². The van der Waals surface area contributed by atoms with Gasteiger partial charge in [0.2, 0.25) is 0 Å². The van der Waals surface area contributed by atoms with Crippen LogP contribution in [-0.4, -0.2) is 7.05 Å². The van der Waals surface area contributed by atoms with Crippen molar-refractivity contribution in [3.05, 3.63) is 77.3 Å². The van der Waals surface area contributed by atoms with Crippen LogP contribution in [0.2, 0.25) is 5.02 Å². The van der Waals surface area contributed by atoms with Gasteiger partial charge in [0, 0.05) is 12.7 Å². The first-order valence-electron chi connectivity index (χ1n) is 8.83. The number of rotatable bonds is 4. The molecule has 2 N–H and O–H groups in total. The zero-order chi connectivity index (χ0) is 18.7. The molecule has 3 heteroatoms. The molecule has 0 spiro atoms. The van der Waals surface area contributed by atoms with Crippen LogP contribution in [0, 0.1) is 0 Å². The van der Waals surface area contributed by atoms with Crippen molar-refractivity contribution >= 4 is 28.7 Å². The third-order valence-electron chi connectivity index (χ3n) is 4.52. The molecular formula is C23H25ClN2. The van der Waals surface area contributed by atoms with Crippen LogP contribution in [0.4, 0.5) is 17.1 Å². The Hall–Kier alpha value is -2.45. The fraction of sp³-hybridized carbons (Fsp3) is 0.217. The molecule has 0 aromatic heterocycles. The average molecular weight is 365 g/mol. The van der Waals surface area contributed by atoms with E-state index in [1.807, 2.05) is 25.2 Å². The quantitative estimate of drug-likeness (QED) is 0.516. The molecule has 3 aromatic carbocycles. The van der Waals surface area contributed by atoms with Crippen molar-refractivity contribution in [2.45, 2.75) is 26.2 Å². The predicted molar refractivity (Wildman–Crippen MR) is 115 cm³/mol. The number of benzene rings is 3. The van der Waals surface area contributed by atoms with Crippen LogP contribution >= 0.6 is 11.6 Å². The summed E-state index contributed by atoms with van der Waals surface area (Å²) in [4.78, 5) is 0. The molecule has 0 aliphatic carbocycles. The number of anilines is 3. The van der Waals surface area contributed by atoms with Gasteiger partial charge in [0.05, 0.1) is 16.4 Å². The van der Waals surface area contributed by atoms with Crippen LogP contribution in [0.3, 0.4) is 0 Å². The van der Waals surface area contributed by atoms with Gasteiger partial charge in [-0.2, -0.15) is 0 Å². The van der Waals surface area contributed by atoms with E-state index >= 15 is 0 Å². The van der Waals surface area contributed by atoms with E-state index in [0.717, 1.165) is 17.1 Å². The van der Waals surface area contributed by atoms with Gasteiger partial charge in [-0.15, -0.1) is 0 Å². The lowest BCUT2D eigenvalue weighted by Gasteiger charge is -2.19. The fourth-order valence-electron chi connectivity index (χ4n) is 2.89. The van der Waals surface area contributed by atoms with E-state index in [1.54, 1.807) is 0 Å². The van der Waals surface area contributed by atoms with E-state index in [1.165, 1.54) is 16.7 Å². The summed E-state index contributed by atoms with van der Waals surface area (Å²) in [6.45, 7) is 6.70. The summed E-state index contributed by atoms with van der Waals surface area (Å²) < 4.78 is 0. The van der Waals surface area contributed by atoms with Crippen LogP contribution < -0.4 is 10.6 Å². The monoisotopic (exact) mass is 364 g/mol. The van der Waals surface area contributed by atoms with E-state index in [4.69, 9.17) is 11.6 Å². The van der Waals surface area contributed by atoms with Gasteiger partial charge in [0.15, 0.2) is 0 Å². The van der Waals surface area contributed by atoms with Gasteiger partial charge in [0.1, 0.15) is 0 Å². The largest absolute Gasteiger partial charge is 0.387 e. The highest BCUT2D eigenvalue weighted by Gasteiger charge is 2.13. The molecule has 0 amide bonds. The van der Waals surface area contributed by atoms with Crippen molar-refractivity contribution in [2.75, 3.05) is 17.7 Å². The van der Waals surface area contributed by atoms with Gasteiger partial charge in [-0.1, -0.05) is 74.8 Å². The lowest BCUT2D eigenvalue weighted by atomic mass is 9.86. The number of hydrogen-bond donors (Lipinski definition) is 2. The van der Waals surface area contributed by atoms with E-state index in [0.29, 0.717) is 5.02 Å². The second kappa shape index (κ2) is 7.43. The zero-order valence-electron chi connectivity index (χ0n) is 15.7. The van der Waals surface area contributed by atoms with Crippen molar-refractivity contribution in [3.8, 4) is 11.1 Å². The minimum Gasteiger partial charge on any atom is -0.387 e. The lowest BCUT2D eigenvalue weighted by molar-refractivity contribution is 0.590. The first-order valence-corrected chi connectivity index (χ1v) is 9.20. The minimum absolute atomic E-state index is 0.174. The third-order valence-corrected chi connectivity index (χ3v) is 4.92. The maximum Gasteiger partial charge on any atom is 0.0872 e. The highest BCUT2D eigenvalue weighted by atomic mass is 35.5. The van der Waals surface area contributed by atoms with Crippen molar-refractivity contribution in [1.82, 2.24) is 0 Å². The molecule has 0 saturated carbocycles. The van der Waals surface area contributed by atoms with Crippen molar-refractivity contribution in [1.29, 1.82) is 0 Å². The minimum atomic E-state index is 0.174. The molecule has 2 nitrogen and oxygen atoms in total. The summed E-state index contributed by atoms with van der Waals surface area (Å²) in [6, 6.07) is 23.1. The zero-order valence-corrected chi connectivity index (χ0v) is 16.5. The summed E-state index contributed by atoms with van der Waals surface area (Å²) in [5.41, 5.74) is 6.75. The van der Waals surface area contributed by atoms with Gasteiger partial charge in [-0.25, -0.2) is 0 Å². The van der Waals surface area contributed by atoms with Gasteiger partial charge >= 0.3 is 0 Å². The average Bonchev–Trinajstić information content (AvgIpc) is 2.63. The molecule has 3 aromatic rings. The Morgan fingerprint density at radius 3 is 1.81 bits per heavy atom. The molecule has 26 heavy (non-hydrogen) atoms. The van der Waals surface area contributed by atoms with Crippen molar-refractivity contribution < 1.29 is 0 Å². The van der Waals surface area contributed by atoms with Crippen molar-refractivity contribution in [3.63, 3.8) is 0 Å². The van der Waals surface area contributed by atoms with Gasteiger partial charge in [0.25, 0.3) is 0 Å². The van der Waals surface area contributed by atoms with E-state index in [2.05, 4.69) is 79.9 Å². The van der Waals surface area contributed by atoms with Gasteiger partial charge in [-0.3, -0.25) is 0 Å². The molecule has 0 aliphatic rings. The number of nitrogens with one attached hydrogen (secondary N) is 2. The second-order valence-corrected chi connectivity index (χ2v) is 7.82. The Kier molecular flexibility index (Phi) is 5.24. The molecule has 0 aliphatic heterocycles. The van der Waals surface area contributed by atoms with Gasteiger partial charge < -0.3 is 10.6 Å². The molecule has 0 unspecified atom stereocenters. The number of hydrogen-bond acceptors (Lipinski definition) is 2. The van der Waals surface area contributed by atoms with Crippen molar-refractivity contribution in [2.24, 2.45) is 0 Å². The fourth-order valence-corrected chi connectivity index (χ4v) is 3.15. The maximum atomic E-state index is 6.41. The van der Waals surface area contributed by atoms with E-state index in [-0.39, 0.29) is 5.41 Å². The molecule has 3 rings (SSSR count). The summed E-state index contributed by atoms with van der Waals surface area (Å²) in [5.74, 6) is 0. The Labute approximate surface area is 161 Å². The lowest BCUT2D eigenvalue weighted by Crippen LogP contribution is -2.10. The molecular weight excluding hydrogens is 340 g/mol. The smallest absolute Gasteiger partial charge is 0.0872 e. The molecule has 0 saturated heterocycles. The summed E-state index contributed by atoms with van der Waals surface area (Å²) in [6.07, 6.45) is 0. The van der Waals surface area contributed by atoms with Crippen LogP contribution in [0.1, 0.15) is 26.3 Å². The normalized spacial score (nSPS) is 11.3. The van der Waals surface area contributed by atoms with Crippen LogP contribution in [0.15, 0.2) is 66.7 Å². The predicted octanol–water partition coefficient (Wildman–Crippen LogP) is 7.09. The molecule has 0 bridgehead atoms. The molecule has 0 fully saturated rings. The Morgan fingerprint density at radius 1 is 0.731 bits per heavy atom. The van der Waals surface area contributed by atoms with Crippen LogP contribution in [0.5, 0.6) is 0 Å². The first kappa shape index (κ1) is 18.3. The van der Waals surface area contributed by atoms with E-state index in [9.17, 15) is 0 Å². The van der Waals surface area contributed by atoms with E-state index < -0.39 is 0 Å². The highest BCUT2D eigenvalue weighted by Crippen LogP contribution is 2.32. The maximum absolute atomic E-state index is 6.41. The topological polar surface area (TPSA) is 24.1 Å². The first-order chi connectivity index (χ1) is 12.4.